The van der Waals surface area contributed by atoms with Crippen molar-refractivity contribution in [2.75, 3.05) is 44.0 Å². The van der Waals surface area contributed by atoms with Crippen LogP contribution in [0.3, 0.4) is 0 Å². The van der Waals surface area contributed by atoms with Crippen molar-refractivity contribution in [3.8, 4) is 0 Å². The minimum atomic E-state index is 0.752. The van der Waals surface area contributed by atoms with Gasteiger partial charge in [0.2, 0.25) is 0 Å². The highest BCUT2D eigenvalue weighted by Crippen LogP contribution is 2.32. The molecule has 1 aromatic rings. The van der Waals surface area contributed by atoms with Crippen molar-refractivity contribution in [1.29, 1.82) is 0 Å². The van der Waals surface area contributed by atoms with E-state index in [0.717, 1.165) is 53.4 Å². The fraction of sp³-hybridized carbons (Fsp3) is 0.462. The largest absolute Gasteiger partial charge is 0.397 e. The lowest BCUT2D eigenvalue weighted by molar-refractivity contribution is 0.123. The summed E-state index contributed by atoms with van der Waals surface area (Å²) in [7, 11) is 1.78. The zero-order chi connectivity index (χ0) is 13.1. The summed E-state index contributed by atoms with van der Waals surface area (Å²) in [5.74, 6) is 0. The third-order valence-corrected chi connectivity index (χ3v) is 3.66. The molecule has 1 saturated heterocycles. The van der Waals surface area contributed by atoms with Crippen molar-refractivity contribution in [3.05, 3.63) is 22.2 Å². The van der Waals surface area contributed by atoms with Crippen LogP contribution in [-0.2, 0) is 4.74 Å². The summed E-state index contributed by atoms with van der Waals surface area (Å²) in [6.07, 6.45) is 0. The average Bonchev–Trinajstić information content (AvgIpc) is 2.41. The van der Waals surface area contributed by atoms with Gasteiger partial charge in [0, 0.05) is 35.9 Å². The topological polar surface area (TPSA) is 50.8 Å². The fourth-order valence-corrected chi connectivity index (χ4v) is 2.54. The predicted molar refractivity (Wildman–Crippen MR) is 79.7 cm³/mol. The van der Waals surface area contributed by atoms with Crippen LogP contribution in [-0.4, -0.2) is 39.1 Å². The predicted octanol–water partition coefficient (Wildman–Crippen LogP) is 2.31. The van der Waals surface area contributed by atoms with Gasteiger partial charge in [-0.1, -0.05) is 15.9 Å². The number of morpholine rings is 1. The van der Waals surface area contributed by atoms with Crippen LogP contribution >= 0.6 is 15.9 Å². The number of hydrogen-bond acceptors (Lipinski definition) is 4. The lowest BCUT2D eigenvalue weighted by Crippen LogP contribution is -2.36. The molecular formula is C13H18BrN3O. The van der Waals surface area contributed by atoms with E-state index < -0.39 is 0 Å². The van der Waals surface area contributed by atoms with E-state index in [0.29, 0.717) is 0 Å². The van der Waals surface area contributed by atoms with E-state index in [1.165, 1.54) is 0 Å². The van der Waals surface area contributed by atoms with Crippen molar-refractivity contribution in [2.45, 2.75) is 6.92 Å². The number of halogens is 1. The monoisotopic (exact) mass is 311 g/mol. The molecule has 0 radical (unpaired) electrons. The number of aliphatic imine (C=N–C) groups is 1. The molecule has 4 nitrogen and oxygen atoms in total. The van der Waals surface area contributed by atoms with Crippen molar-refractivity contribution in [1.82, 2.24) is 0 Å². The Morgan fingerprint density at radius 1 is 1.39 bits per heavy atom. The lowest BCUT2D eigenvalue weighted by Gasteiger charge is -2.30. The van der Waals surface area contributed by atoms with Gasteiger partial charge in [0.1, 0.15) is 0 Å². The van der Waals surface area contributed by atoms with Crippen LogP contribution in [0.4, 0.5) is 11.4 Å². The maximum atomic E-state index is 6.28. The second kappa shape index (κ2) is 5.71. The van der Waals surface area contributed by atoms with Gasteiger partial charge in [-0.15, -0.1) is 0 Å². The number of rotatable bonds is 2. The molecule has 98 valence electrons. The summed E-state index contributed by atoms with van der Waals surface area (Å²) in [6.45, 7) is 5.23. The number of hydrogen-bond donors (Lipinski definition) is 1. The van der Waals surface area contributed by atoms with Crippen LogP contribution < -0.4 is 10.6 Å². The van der Waals surface area contributed by atoms with Gasteiger partial charge >= 0.3 is 0 Å². The van der Waals surface area contributed by atoms with Gasteiger partial charge in [-0.25, -0.2) is 0 Å². The van der Waals surface area contributed by atoms with E-state index in [1.807, 2.05) is 13.0 Å². The summed E-state index contributed by atoms with van der Waals surface area (Å²) in [5, 5.41) is 0. The SMILES string of the molecule is CN=C(C)c1cc(Br)cc(N2CCOCC2)c1N. The molecule has 2 rings (SSSR count). The van der Waals surface area contributed by atoms with Gasteiger partial charge in [0.05, 0.1) is 24.6 Å². The molecule has 1 fully saturated rings. The van der Waals surface area contributed by atoms with E-state index >= 15 is 0 Å². The average molecular weight is 312 g/mol. The highest BCUT2D eigenvalue weighted by atomic mass is 79.9. The molecule has 0 atom stereocenters. The van der Waals surface area contributed by atoms with Crippen LogP contribution in [0, 0.1) is 0 Å². The van der Waals surface area contributed by atoms with Crippen molar-refractivity contribution in [3.63, 3.8) is 0 Å². The third kappa shape index (κ3) is 2.67. The standard InChI is InChI=1S/C13H18BrN3O/c1-9(16-2)11-7-10(14)8-12(13(11)15)17-3-5-18-6-4-17/h7-8H,3-6,15H2,1-2H3. The second-order valence-corrected chi connectivity index (χ2v) is 5.21. The summed E-state index contributed by atoms with van der Waals surface area (Å²) >= 11 is 3.54. The minimum Gasteiger partial charge on any atom is -0.397 e. The van der Waals surface area contributed by atoms with Gasteiger partial charge in [-0.05, 0) is 19.1 Å². The number of nitrogens with zero attached hydrogens (tertiary/aromatic N) is 2. The van der Waals surface area contributed by atoms with E-state index in [-0.39, 0.29) is 0 Å². The van der Waals surface area contributed by atoms with Crippen LogP contribution in [0.1, 0.15) is 12.5 Å². The van der Waals surface area contributed by atoms with Gasteiger partial charge in [0.15, 0.2) is 0 Å². The highest BCUT2D eigenvalue weighted by molar-refractivity contribution is 9.10. The maximum absolute atomic E-state index is 6.28. The molecule has 0 unspecified atom stereocenters. The molecule has 0 aliphatic carbocycles. The zero-order valence-electron chi connectivity index (χ0n) is 10.7. The number of benzene rings is 1. The van der Waals surface area contributed by atoms with Gasteiger partial charge < -0.3 is 15.4 Å². The Morgan fingerprint density at radius 2 is 2.06 bits per heavy atom. The molecule has 2 N–H and O–H groups in total. The number of nitrogens with two attached hydrogens (primary N) is 1. The quantitative estimate of drug-likeness (QED) is 0.673. The molecule has 0 bridgehead atoms. The Hall–Kier alpha value is -1.07. The number of anilines is 2. The first kappa shape index (κ1) is 13.4. The Morgan fingerprint density at radius 3 is 2.67 bits per heavy atom. The smallest absolute Gasteiger partial charge is 0.0644 e. The first-order valence-electron chi connectivity index (χ1n) is 5.99. The van der Waals surface area contributed by atoms with Gasteiger partial charge in [-0.3, -0.25) is 4.99 Å². The first-order valence-corrected chi connectivity index (χ1v) is 6.78. The zero-order valence-corrected chi connectivity index (χ0v) is 12.3. The van der Waals surface area contributed by atoms with Crippen molar-refractivity contribution < 1.29 is 4.74 Å². The van der Waals surface area contributed by atoms with E-state index in [1.54, 1.807) is 7.05 Å². The highest BCUT2D eigenvalue weighted by Gasteiger charge is 2.17. The number of nitrogen functional groups attached to an aromatic ring is 1. The van der Waals surface area contributed by atoms with E-state index in [9.17, 15) is 0 Å². The normalized spacial score (nSPS) is 17.1. The molecule has 5 heteroatoms. The molecule has 0 saturated carbocycles. The van der Waals surface area contributed by atoms with Crippen LogP contribution in [0.25, 0.3) is 0 Å². The minimum absolute atomic E-state index is 0.752. The molecule has 0 amide bonds. The van der Waals surface area contributed by atoms with Crippen molar-refractivity contribution >= 4 is 33.0 Å². The molecule has 1 aliphatic heterocycles. The third-order valence-electron chi connectivity index (χ3n) is 3.20. The second-order valence-electron chi connectivity index (χ2n) is 4.29. The molecule has 1 aromatic carbocycles. The number of ether oxygens (including phenoxy) is 1. The summed E-state index contributed by atoms with van der Waals surface area (Å²) < 4.78 is 6.40. The van der Waals surface area contributed by atoms with Gasteiger partial charge in [-0.2, -0.15) is 0 Å². The fourth-order valence-electron chi connectivity index (χ4n) is 2.09. The molecule has 0 spiro atoms. The maximum Gasteiger partial charge on any atom is 0.0644 e. The summed E-state index contributed by atoms with van der Waals surface area (Å²) in [6, 6.07) is 4.08. The molecule has 0 aromatic heterocycles. The van der Waals surface area contributed by atoms with E-state index in [2.05, 4.69) is 31.9 Å². The molecule has 1 aliphatic rings. The van der Waals surface area contributed by atoms with Gasteiger partial charge in [0.25, 0.3) is 0 Å². The van der Waals surface area contributed by atoms with Crippen LogP contribution in [0.15, 0.2) is 21.6 Å². The van der Waals surface area contributed by atoms with Crippen LogP contribution in [0.5, 0.6) is 0 Å². The summed E-state index contributed by atoms with van der Waals surface area (Å²) in [5.41, 5.74) is 10.1. The Bertz CT molecular complexity index is 468. The molecule has 1 heterocycles. The van der Waals surface area contributed by atoms with E-state index in [4.69, 9.17) is 10.5 Å². The molecular weight excluding hydrogens is 294 g/mol. The Kier molecular flexibility index (Phi) is 4.24. The summed E-state index contributed by atoms with van der Waals surface area (Å²) in [4.78, 5) is 6.48. The first-order chi connectivity index (χ1) is 8.63. The van der Waals surface area contributed by atoms with Crippen LogP contribution in [0.2, 0.25) is 0 Å². The Labute approximate surface area is 116 Å². The Balaban J connectivity index is 2.43. The lowest BCUT2D eigenvalue weighted by atomic mass is 10.1. The molecule has 18 heavy (non-hydrogen) atoms. The van der Waals surface area contributed by atoms with Crippen molar-refractivity contribution in [2.24, 2.45) is 4.99 Å².